The minimum atomic E-state index is -2.75. The maximum Gasteiger partial charge on any atom is 0.319 e. The van der Waals surface area contributed by atoms with Crippen LogP contribution in [0.5, 0.6) is 0 Å². The van der Waals surface area contributed by atoms with Crippen LogP contribution in [0.2, 0.25) is 0 Å². The molecule has 0 N–H and O–H groups in total. The van der Waals surface area contributed by atoms with Gasteiger partial charge in [0.2, 0.25) is 0 Å². The Kier molecular flexibility index (Phi) is 6.14. The normalized spacial score (nSPS) is 10.7. The predicted octanol–water partition coefficient (Wildman–Crippen LogP) is 3.63. The van der Waals surface area contributed by atoms with Crippen LogP contribution in [0.25, 0.3) is 0 Å². The molecule has 0 saturated heterocycles. The highest BCUT2D eigenvalue weighted by Crippen LogP contribution is 2.28. The van der Waals surface area contributed by atoms with Crippen molar-refractivity contribution >= 4 is 19.6 Å². The zero-order chi connectivity index (χ0) is 17.5. The van der Waals surface area contributed by atoms with Gasteiger partial charge in [0, 0.05) is 24.3 Å². The van der Waals surface area contributed by atoms with Gasteiger partial charge in [0.1, 0.15) is 0 Å². The van der Waals surface area contributed by atoms with Crippen molar-refractivity contribution in [2.45, 2.75) is 13.2 Å². The van der Waals surface area contributed by atoms with Gasteiger partial charge in [-0.25, -0.2) is 0 Å². The third-order valence-electron chi connectivity index (χ3n) is 3.01. The van der Waals surface area contributed by atoms with E-state index in [1.807, 2.05) is 0 Å². The van der Waals surface area contributed by atoms with E-state index in [2.05, 4.69) is 0 Å². The molecule has 0 amide bonds. The second kappa shape index (κ2) is 8.30. The second-order valence-electron chi connectivity index (χ2n) is 4.67. The molecule has 10 heteroatoms. The lowest BCUT2D eigenvalue weighted by molar-refractivity contribution is -0.385. The molecule has 0 atom stereocenters. The van der Waals surface area contributed by atoms with Gasteiger partial charge in [0.05, 0.1) is 23.1 Å². The average Bonchev–Trinajstić information content (AvgIpc) is 2.58. The summed E-state index contributed by atoms with van der Waals surface area (Å²) in [6.45, 7) is -0.00783. The molecule has 126 valence electrons. The molecule has 0 unspecified atom stereocenters. The smallest absolute Gasteiger partial charge is 0.306 e. The third kappa shape index (κ3) is 5.24. The first-order valence-corrected chi connectivity index (χ1v) is 7.94. The Labute approximate surface area is 137 Å². The van der Waals surface area contributed by atoms with Crippen molar-refractivity contribution in [2.75, 3.05) is 0 Å². The number of nitro groups is 2. The van der Waals surface area contributed by atoms with Crippen molar-refractivity contribution < 1.29 is 23.5 Å². The number of hydrogen-bond donors (Lipinski definition) is 0. The Morgan fingerprint density at radius 1 is 0.750 bits per heavy atom. The highest BCUT2D eigenvalue weighted by atomic mass is 31.1. The molecular formula is C14H13N2O7P. The van der Waals surface area contributed by atoms with Crippen LogP contribution in [0.15, 0.2) is 48.5 Å². The molecule has 0 radical (unpaired) electrons. The fourth-order valence-electron chi connectivity index (χ4n) is 1.75. The van der Waals surface area contributed by atoms with Crippen molar-refractivity contribution in [1.82, 2.24) is 0 Å². The van der Waals surface area contributed by atoms with E-state index in [0.29, 0.717) is 11.1 Å². The zero-order valence-electron chi connectivity index (χ0n) is 12.3. The number of nitro benzene ring substituents is 2. The maximum absolute atomic E-state index is 11.7. The maximum atomic E-state index is 11.7. The molecule has 2 aromatic carbocycles. The van der Waals surface area contributed by atoms with Gasteiger partial charge in [0.25, 0.3) is 11.4 Å². The van der Waals surface area contributed by atoms with E-state index in [0.717, 1.165) is 0 Å². The summed E-state index contributed by atoms with van der Waals surface area (Å²) in [5.74, 6) is 0. The van der Waals surface area contributed by atoms with Crippen LogP contribution in [0.1, 0.15) is 11.1 Å². The summed E-state index contributed by atoms with van der Waals surface area (Å²) in [5, 5.41) is 21.1. The summed E-state index contributed by atoms with van der Waals surface area (Å²) in [4.78, 5) is 20.0. The number of hydrogen-bond acceptors (Lipinski definition) is 7. The Morgan fingerprint density at radius 3 is 1.38 bits per heavy atom. The van der Waals surface area contributed by atoms with Crippen LogP contribution in [-0.4, -0.2) is 9.85 Å². The van der Waals surface area contributed by atoms with Crippen LogP contribution in [0, 0.1) is 20.2 Å². The lowest BCUT2D eigenvalue weighted by atomic mass is 10.2. The summed E-state index contributed by atoms with van der Waals surface area (Å²) >= 11 is 0. The van der Waals surface area contributed by atoms with E-state index in [1.54, 1.807) is 0 Å². The average molecular weight is 352 g/mol. The van der Waals surface area contributed by atoms with Crippen molar-refractivity contribution in [3.63, 3.8) is 0 Å². The molecular weight excluding hydrogens is 339 g/mol. The van der Waals surface area contributed by atoms with Crippen LogP contribution < -0.4 is 0 Å². The third-order valence-corrected chi connectivity index (χ3v) is 3.77. The molecule has 9 nitrogen and oxygen atoms in total. The lowest BCUT2D eigenvalue weighted by Crippen LogP contribution is -1.92. The van der Waals surface area contributed by atoms with Crippen molar-refractivity contribution in [3.8, 4) is 0 Å². The first-order chi connectivity index (χ1) is 11.5. The van der Waals surface area contributed by atoms with Crippen LogP contribution in [-0.2, 0) is 26.8 Å². The Morgan fingerprint density at radius 2 is 1.08 bits per heavy atom. The van der Waals surface area contributed by atoms with Crippen LogP contribution in [0.3, 0.4) is 0 Å². The van der Waals surface area contributed by atoms with Gasteiger partial charge in [-0.2, -0.15) is 0 Å². The van der Waals surface area contributed by atoms with Gasteiger partial charge in [-0.05, 0) is 35.4 Å². The van der Waals surface area contributed by atoms with Gasteiger partial charge in [-0.3, -0.25) is 24.8 Å². The van der Waals surface area contributed by atoms with Crippen molar-refractivity contribution in [1.29, 1.82) is 0 Å². The molecule has 0 heterocycles. The molecule has 0 bridgehead atoms. The van der Waals surface area contributed by atoms with Gasteiger partial charge >= 0.3 is 8.25 Å². The van der Waals surface area contributed by atoms with E-state index < -0.39 is 18.1 Å². The highest BCUT2D eigenvalue weighted by molar-refractivity contribution is 7.33. The highest BCUT2D eigenvalue weighted by Gasteiger charge is 2.07. The number of benzene rings is 2. The van der Waals surface area contributed by atoms with Crippen molar-refractivity contribution in [3.05, 3.63) is 79.9 Å². The van der Waals surface area contributed by atoms with Crippen LogP contribution in [0.4, 0.5) is 11.4 Å². The number of nitrogens with zero attached hydrogens (tertiary/aromatic N) is 2. The first kappa shape index (κ1) is 17.7. The van der Waals surface area contributed by atoms with E-state index >= 15 is 0 Å². The van der Waals surface area contributed by atoms with E-state index in [-0.39, 0.29) is 24.6 Å². The summed E-state index contributed by atoms with van der Waals surface area (Å²) in [6.07, 6.45) is 0. The SMILES string of the molecule is O=[N+]([O-])c1ccc(CO[PH](=O)OCc2ccc([N+](=O)[O-])cc2)cc1. The fourth-order valence-corrected chi connectivity index (χ4v) is 2.41. The predicted molar refractivity (Wildman–Crippen MR) is 84.8 cm³/mol. The Balaban J connectivity index is 1.78. The summed E-state index contributed by atoms with van der Waals surface area (Å²) < 4.78 is 21.8. The minimum Gasteiger partial charge on any atom is -0.306 e. The fraction of sp³-hybridized carbons (Fsp3) is 0.143. The quantitative estimate of drug-likeness (QED) is 0.404. The Hall–Kier alpha value is -2.61. The zero-order valence-corrected chi connectivity index (χ0v) is 13.3. The molecule has 2 aromatic rings. The number of rotatable bonds is 8. The van der Waals surface area contributed by atoms with Gasteiger partial charge < -0.3 is 9.05 Å². The second-order valence-corrected chi connectivity index (χ2v) is 5.75. The van der Waals surface area contributed by atoms with Crippen molar-refractivity contribution in [2.24, 2.45) is 0 Å². The summed E-state index contributed by atoms with van der Waals surface area (Å²) in [5.41, 5.74) is 1.16. The van der Waals surface area contributed by atoms with Gasteiger partial charge in [-0.15, -0.1) is 0 Å². The number of non-ortho nitro benzene ring substituents is 2. The Bertz CT molecular complexity index is 683. The van der Waals surface area contributed by atoms with Crippen LogP contribution >= 0.6 is 8.25 Å². The largest absolute Gasteiger partial charge is 0.319 e. The standard InChI is InChI=1S/C14H13N2O7P/c17-15(18)13-5-1-11(2-6-13)9-22-24(21)23-10-12-3-7-14(8-4-12)16(19)20/h1-8,24H,9-10H2. The molecule has 2 rings (SSSR count). The summed E-state index contributed by atoms with van der Waals surface area (Å²) in [7, 11) is -2.75. The molecule has 24 heavy (non-hydrogen) atoms. The first-order valence-electron chi connectivity index (χ1n) is 6.72. The molecule has 0 spiro atoms. The molecule has 0 aliphatic rings. The summed E-state index contributed by atoms with van der Waals surface area (Å²) in [6, 6.07) is 11.3. The van der Waals surface area contributed by atoms with E-state index in [4.69, 9.17) is 9.05 Å². The van der Waals surface area contributed by atoms with Gasteiger partial charge in [0.15, 0.2) is 0 Å². The topological polar surface area (TPSA) is 122 Å². The van der Waals surface area contributed by atoms with Gasteiger partial charge in [-0.1, -0.05) is 0 Å². The van der Waals surface area contributed by atoms with E-state index in [1.165, 1.54) is 48.5 Å². The minimum absolute atomic E-state index is 0.00392. The molecule has 0 aliphatic carbocycles. The molecule has 0 aliphatic heterocycles. The monoisotopic (exact) mass is 352 g/mol. The van der Waals surface area contributed by atoms with E-state index in [9.17, 15) is 24.8 Å². The molecule has 0 saturated carbocycles. The lowest BCUT2D eigenvalue weighted by Gasteiger charge is -2.06. The molecule has 0 aromatic heterocycles. The molecule has 0 fully saturated rings.